The number of carboxylic acid groups (broad SMARTS) is 1. The molecule has 0 unspecified atom stereocenters. The first-order chi connectivity index (χ1) is 9.47. The molecule has 1 fully saturated rings. The van der Waals surface area contributed by atoms with Crippen molar-refractivity contribution < 1.29 is 23.1 Å². The topological polar surface area (TPSA) is 95.9 Å². The SMILES string of the molecule is COCCCCCNS(=O)(=O)N1CCC(C(=O)O)CC1. The van der Waals surface area contributed by atoms with Crippen LogP contribution in [0.3, 0.4) is 0 Å². The van der Waals surface area contributed by atoms with Crippen molar-refractivity contribution in [3.05, 3.63) is 0 Å². The molecule has 0 aliphatic carbocycles. The Kier molecular flexibility index (Phi) is 7.42. The summed E-state index contributed by atoms with van der Waals surface area (Å²) in [5.41, 5.74) is 0. The molecule has 8 heteroatoms. The Labute approximate surface area is 120 Å². The first-order valence-electron chi connectivity index (χ1n) is 6.94. The summed E-state index contributed by atoms with van der Waals surface area (Å²) in [5, 5.41) is 8.88. The lowest BCUT2D eigenvalue weighted by atomic mass is 9.99. The number of nitrogens with one attached hydrogen (secondary N) is 1. The van der Waals surface area contributed by atoms with Crippen LogP contribution in [0.25, 0.3) is 0 Å². The van der Waals surface area contributed by atoms with Crippen LogP contribution in [0.2, 0.25) is 0 Å². The highest BCUT2D eigenvalue weighted by atomic mass is 32.2. The lowest BCUT2D eigenvalue weighted by molar-refractivity contribution is -0.142. The van der Waals surface area contributed by atoms with Crippen LogP contribution in [-0.4, -0.2) is 57.1 Å². The number of piperidine rings is 1. The lowest BCUT2D eigenvalue weighted by Gasteiger charge is -2.29. The van der Waals surface area contributed by atoms with E-state index in [0.29, 0.717) is 26.0 Å². The van der Waals surface area contributed by atoms with E-state index in [1.165, 1.54) is 4.31 Å². The fraction of sp³-hybridized carbons (Fsp3) is 0.917. The van der Waals surface area contributed by atoms with Crippen LogP contribution in [0.5, 0.6) is 0 Å². The lowest BCUT2D eigenvalue weighted by Crippen LogP contribution is -2.46. The van der Waals surface area contributed by atoms with Crippen LogP contribution in [0.1, 0.15) is 32.1 Å². The van der Waals surface area contributed by atoms with Crippen molar-refractivity contribution in [2.75, 3.05) is 33.4 Å². The Morgan fingerprint density at radius 1 is 1.30 bits per heavy atom. The van der Waals surface area contributed by atoms with Gasteiger partial charge in [-0.1, -0.05) is 0 Å². The van der Waals surface area contributed by atoms with E-state index in [0.717, 1.165) is 19.3 Å². The smallest absolute Gasteiger partial charge is 0.306 e. The maximum absolute atomic E-state index is 12.0. The number of carbonyl (C=O) groups is 1. The van der Waals surface area contributed by atoms with Gasteiger partial charge in [0.15, 0.2) is 0 Å². The van der Waals surface area contributed by atoms with Crippen molar-refractivity contribution in [3.63, 3.8) is 0 Å². The van der Waals surface area contributed by atoms with Crippen LogP contribution >= 0.6 is 0 Å². The van der Waals surface area contributed by atoms with Crippen molar-refractivity contribution in [1.82, 2.24) is 9.03 Å². The van der Waals surface area contributed by atoms with E-state index in [9.17, 15) is 13.2 Å². The van der Waals surface area contributed by atoms with E-state index in [1.54, 1.807) is 7.11 Å². The third-order valence-electron chi connectivity index (χ3n) is 3.45. The molecule has 20 heavy (non-hydrogen) atoms. The summed E-state index contributed by atoms with van der Waals surface area (Å²) in [6.45, 7) is 1.65. The molecule has 0 bridgehead atoms. The minimum atomic E-state index is -3.47. The zero-order valence-electron chi connectivity index (χ0n) is 11.9. The number of rotatable bonds is 9. The molecule has 0 radical (unpaired) electrons. The average molecular weight is 308 g/mol. The molecule has 1 rings (SSSR count). The molecule has 0 atom stereocenters. The second kappa shape index (κ2) is 8.56. The number of hydrogen-bond acceptors (Lipinski definition) is 4. The molecule has 0 saturated carbocycles. The molecule has 0 aromatic heterocycles. The van der Waals surface area contributed by atoms with Crippen LogP contribution in [0.4, 0.5) is 0 Å². The van der Waals surface area contributed by atoms with E-state index < -0.39 is 22.1 Å². The molecule has 0 spiro atoms. The Balaban J connectivity index is 2.26. The van der Waals surface area contributed by atoms with E-state index in [-0.39, 0.29) is 13.1 Å². The van der Waals surface area contributed by atoms with Gasteiger partial charge in [-0.15, -0.1) is 0 Å². The van der Waals surface area contributed by atoms with Crippen LogP contribution in [-0.2, 0) is 19.7 Å². The quantitative estimate of drug-likeness (QED) is 0.602. The van der Waals surface area contributed by atoms with Gasteiger partial charge >= 0.3 is 5.97 Å². The van der Waals surface area contributed by atoms with Crippen LogP contribution in [0, 0.1) is 5.92 Å². The van der Waals surface area contributed by atoms with Crippen LogP contribution < -0.4 is 4.72 Å². The zero-order valence-corrected chi connectivity index (χ0v) is 12.7. The average Bonchev–Trinajstić information content (AvgIpc) is 2.43. The van der Waals surface area contributed by atoms with Crippen molar-refractivity contribution in [2.45, 2.75) is 32.1 Å². The number of hydrogen-bond donors (Lipinski definition) is 2. The summed E-state index contributed by atoms with van der Waals surface area (Å²) in [6, 6.07) is 0. The van der Waals surface area contributed by atoms with Gasteiger partial charge < -0.3 is 9.84 Å². The summed E-state index contributed by atoms with van der Waals surface area (Å²) in [5.74, 6) is -1.26. The second-order valence-electron chi connectivity index (χ2n) is 4.96. The Bertz CT molecular complexity index is 391. The molecule has 0 aromatic carbocycles. The molecule has 1 aliphatic heterocycles. The zero-order chi connectivity index (χ0) is 15.0. The highest BCUT2D eigenvalue weighted by Gasteiger charge is 2.30. The molecule has 2 N–H and O–H groups in total. The monoisotopic (exact) mass is 308 g/mol. The van der Waals surface area contributed by atoms with Gasteiger partial charge in [0.25, 0.3) is 10.2 Å². The van der Waals surface area contributed by atoms with E-state index >= 15 is 0 Å². The minimum absolute atomic E-state index is 0.274. The predicted molar refractivity (Wildman–Crippen MR) is 74.6 cm³/mol. The third-order valence-corrected chi connectivity index (χ3v) is 5.07. The van der Waals surface area contributed by atoms with E-state index in [1.807, 2.05) is 0 Å². The van der Waals surface area contributed by atoms with Crippen molar-refractivity contribution in [1.29, 1.82) is 0 Å². The molecular weight excluding hydrogens is 284 g/mol. The summed E-state index contributed by atoms with van der Waals surface area (Å²) in [7, 11) is -1.82. The third kappa shape index (κ3) is 5.74. The van der Waals surface area contributed by atoms with Gasteiger partial charge in [0.1, 0.15) is 0 Å². The highest BCUT2D eigenvalue weighted by molar-refractivity contribution is 7.87. The molecule has 118 valence electrons. The molecule has 0 aromatic rings. The van der Waals surface area contributed by atoms with E-state index in [4.69, 9.17) is 9.84 Å². The van der Waals surface area contributed by atoms with Gasteiger partial charge in [-0.3, -0.25) is 4.79 Å². The molecule has 1 saturated heterocycles. The van der Waals surface area contributed by atoms with Crippen molar-refractivity contribution >= 4 is 16.2 Å². The van der Waals surface area contributed by atoms with Gasteiger partial charge in [-0.05, 0) is 32.1 Å². The van der Waals surface area contributed by atoms with Crippen molar-refractivity contribution in [2.24, 2.45) is 5.92 Å². The van der Waals surface area contributed by atoms with Gasteiger partial charge in [0, 0.05) is 33.4 Å². The number of aliphatic carboxylic acids is 1. The predicted octanol–water partition coefficient (Wildman–Crippen LogP) is 0.434. The molecule has 7 nitrogen and oxygen atoms in total. The van der Waals surface area contributed by atoms with Gasteiger partial charge in [-0.25, -0.2) is 4.72 Å². The number of methoxy groups -OCH3 is 1. The van der Waals surface area contributed by atoms with Gasteiger partial charge in [-0.2, -0.15) is 12.7 Å². The summed E-state index contributed by atoms with van der Waals surface area (Å²) < 4.78 is 32.8. The summed E-state index contributed by atoms with van der Waals surface area (Å²) >= 11 is 0. The van der Waals surface area contributed by atoms with Crippen LogP contribution in [0.15, 0.2) is 0 Å². The van der Waals surface area contributed by atoms with Gasteiger partial charge in [0.05, 0.1) is 5.92 Å². The fourth-order valence-electron chi connectivity index (χ4n) is 2.18. The maximum atomic E-state index is 12.0. The molecule has 1 heterocycles. The number of nitrogens with zero attached hydrogens (tertiary/aromatic N) is 1. The Hall–Kier alpha value is -0.700. The largest absolute Gasteiger partial charge is 0.481 e. The standard InChI is InChI=1S/C12H24N2O5S/c1-19-10-4-2-3-7-13-20(17,18)14-8-5-11(6-9-14)12(15)16/h11,13H,2-10H2,1H3,(H,15,16). The Morgan fingerprint density at radius 3 is 2.50 bits per heavy atom. The summed E-state index contributed by atoms with van der Waals surface area (Å²) in [4.78, 5) is 10.8. The second-order valence-corrected chi connectivity index (χ2v) is 6.72. The van der Waals surface area contributed by atoms with Crippen molar-refractivity contribution in [3.8, 4) is 0 Å². The fourth-order valence-corrected chi connectivity index (χ4v) is 3.46. The molecule has 0 amide bonds. The first-order valence-corrected chi connectivity index (χ1v) is 8.38. The number of carboxylic acids is 1. The maximum Gasteiger partial charge on any atom is 0.306 e. The summed E-state index contributed by atoms with van der Waals surface area (Å²) in [6.07, 6.45) is 3.36. The van der Waals surface area contributed by atoms with E-state index in [2.05, 4.69) is 4.72 Å². The normalized spacial score (nSPS) is 18.2. The minimum Gasteiger partial charge on any atom is -0.481 e. The number of unbranched alkanes of at least 4 members (excludes halogenated alkanes) is 2. The Morgan fingerprint density at radius 2 is 1.95 bits per heavy atom. The molecular formula is C12H24N2O5S. The van der Waals surface area contributed by atoms with Gasteiger partial charge in [0.2, 0.25) is 0 Å². The highest BCUT2D eigenvalue weighted by Crippen LogP contribution is 2.19. The first kappa shape index (κ1) is 17.4. The molecule has 1 aliphatic rings. The number of ether oxygens (including phenoxy) is 1.